The maximum Gasteiger partial charge on any atom is 0.256 e. The van der Waals surface area contributed by atoms with Crippen molar-refractivity contribution in [3.05, 3.63) is 53.6 Å². The van der Waals surface area contributed by atoms with Crippen molar-refractivity contribution >= 4 is 27.1 Å². The third-order valence-electron chi connectivity index (χ3n) is 8.37. The number of hydrogen-bond acceptors (Lipinski definition) is 10. The number of carbonyl (C=O) groups is 1. The van der Waals surface area contributed by atoms with E-state index in [-0.39, 0.29) is 237 Å². The molecule has 3 rings (SSSR count). The molecule has 0 fully saturated rings. The van der Waals surface area contributed by atoms with Crippen molar-refractivity contribution in [2.45, 2.75) is 80.9 Å². The number of rotatable bonds is 12. The van der Waals surface area contributed by atoms with Gasteiger partial charge >= 0.3 is 0 Å². The molecule has 0 aliphatic carbocycles. The predicted molar refractivity (Wildman–Crippen MR) is 159 cm³/mol. The number of nitrogens with zero attached hydrogens (tertiary/aromatic N) is 1. The molecule has 0 saturated carbocycles. The molecule has 7 N–H and O–H groups in total. The average Bonchev–Trinajstić information content (AvgIpc) is 3.04. The summed E-state index contributed by atoms with van der Waals surface area (Å²) in [5.74, 6) is -2.05. The van der Waals surface area contributed by atoms with Gasteiger partial charge in [-0.1, -0.05) is 38.8 Å². The van der Waals surface area contributed by atoms with E-state index < -0.39 is 64.2 Å². The molecule has 249 valence electrons. The molecule has 1 amide bonds. The van der Waals surface area contributed by atoms with Crippen LogP contribution in [0, 0.1) is 226 Å². The van der Waals surface area contributed by atoms with Crippen LogP contribution < -0.4 is 10.2 Å². The third-order valence-corrected chi connectivity index (χ3v) is 10.4. The van der Waals surface area contributed by atoms with E-state index in [1.165, 1.54) is 6.07 Å². The first kappa shape index (κ1) is 56.0. The van der Waals surface area contributed by atoms with Crippen LogP contribution in [-0.4, -0.2) is 102 Å². The number of nitrogens with one attached hydrogen (secondary N) is 1. The summed E-state index contributed by atoms with van der Waals surface area (Å²) in [4.78, 5) is 14.7. The second kappa shape index (κ2) is 25.7. The number of unbranched alkanes of at least 4 members (excludes halogenated alkanes) is 1. The Bertz CT molecular complexity index is 1360. The van der Waals surface area contributed by atoms with E-state index >= 15 is 0 Å². The standard InChI is InChI=1S/C30H44N2O9S.5Ac/c1-5-7-13-30(6-2)17-42(40,41)23-12-11-20(32(3)4)15-21(23)24(28(30)38)18-9-8-10-19(14-18)31-29(39)27(37)26(36)25(35)22(34)16-33;;;;;/h8-12,14-15,22,24-28,33-38H,5-7,13,16-17H2,1-4H3,(H,31,39);;;;;/t22?,24-,25?,26?,27?,28?,30-;;;;;/m1...../s1. The summed E-state index contributed by atoms with van der Waals surface area (Å²) >= 11 is 0. The van der Waals surface area contributed by atoms with Gasteiger partial charge in [0, 0.05) is 257 Å². The van der Waals surface area contributed by atoms with Crippen molar-refractivity contribution in [2.75, 3.05) is 36.7 Å². The Labute approximate surface area is 457 Å². The Morgan fingerprint density at radius 2 is 1.60 bits per heavy atom. The normalized spacial score (nSPS) is 21.9. The van der Waals surface area contributed by atoms with Crippen LogP contribution in [0.3, 0.4) is 0 Å². The molecule has 5 radical (unpaired) electrons. The molecule has 1 aliphatic rings. The van der Waals surface area contributed by atoms with E-state index in [4.69, 9.17) is 5.11 Å². The predicted octanol–water partition coefficient (Wildman–Crippen LogP) is 0.994. The van der Waals surface area contributed by atoms with Crippen molar-refractivity contribution in [1.82, 2.24) is 0 Å². The van der Waals surface area contributed by atoms with Gasteiger partial charge in [0.2, 0.25) is 0 Å². The summed E-state index contributed by atoms with van der Waals surface area (Å²) in [7, 11) is -0.112. The van der Waals surface area contributed by atoms with Crippen LogP contribution in [0.15, 0.2) is 47.4 Å². The molecular weight excluding hydrogens is 1700 g/mol. The van der Waals surface area contributed by atoms with Crippen LogP contribution in [-0.2, 0) is 14.6 Å². The second-order valence-corrected chi connectivity index (χ2v) is 13.4. The first-order chi connectivity index (χ1) is 19.7. The van der Waals surface area contributed by atoms with E-state index in [1.807, 2.05) is 32.8 Å². The zero-order valence-corrected chi connectivity index (χ0v) is 51.9. The summed E-state index contributed by atoms with van der Waals surface area (Å²) in [5, 5.41) is 63.4. The van der Waals surface area contributed by atoms with Crippen LogP contribution in [0.4, 0.5) is 11.4 Å². The summed E-state index contributed by atoms with van der Waals surface area (Å²) in [6.45, 7) is 3.01. The largest absolute Gasteiger partial charge is 0.394 e. The molecular formula is C30H44Ac5N2O9S. The van der Waals surface area contributed by atoms with E-state index in [2.05, 4.69) is 5.32 Å². The van der Waals surface area contributed by atoms with E-state index in [0.717, 1.165) is 18.5 Å². The Morgan fingerprint density at radius 1 is 0.979 bits per heavy atom. The topological polar surface area (TPSA) is 188 Å². The van der Waals surface area contributed by atoms with Crippen molar-refractivity contribution in [3.63, 3.8) is 0 Å². The minimum Gasteiger partial charge on any atom is -0.394 e. The van der Waals surface area contributed by atoms with Gasteiger partial charge in [0.15, 0.2) is 15.9 Å². The quantitative estimate of drug-likeness (QED) is 0.162. The zero-order valence-electron chi connectivity index (χ0n) is 27.4. The number of fused-ring (bicyclic) bond motifs is 1. The molecule has 5 unspecified atom stereocenters. The summed E-state index contributed by atoms with van der Waals surface area (Å²) in [6.07, 6.45) is -6.54. The number of carbonyl (C=O) groups excluding carboxylic acids is 1. The minimum atomic E-state index is -3.78. The fourth-order valence-corrected chi connectivity index (χ4v) is 7.96. The first-order valence-electron chi connectivity index (χ1n) is 14.2. The van der Waals surface area contributed by atoms with Gasteiger partial charge in [-0.25, -0.2) is 8.42 Å². The fourth-order valence-electron chi connectivity index (χ4n) is 5.71. The molecule has 47 heavy (non-hydrogen) atoms. The Kier molecular flexibility index (Phi) is 30.6. The van der Waals surface area contributed by atoms with E-state index in [0.29, 0.717) is 24.0 Å². The summed E-state index contributed by atoms with van der Waals surface area (Å²) in [5.41, 5.74) is 1.00. The number of benzene rings is 2. The monoisotopic (exact) mass is 1740 g/mol. The summed E-state index contributed by atoms with van der Waals surface area (Å²) in [6, 6.07) is 11.6. The zero-order chi connectivity index (χ0) is 31.4. The van der Waals surface area contributed by atoms with Gasteiger partial charge in [-0.3, -0.25) is 4.79 Å². The second-order valence-electron chi connectivity index (χ2n) is 11.4. The molecule has 0 saturated heterocycles. The molecule has 0 aromatic heterocycles. The molecule has 0 spiro atoms. The number of anilines is 2. The number of sulfone groups is 1. The van der Waals surface area contributed by atoms with Crippen molar-refractivity contribution in [3.8, 4) is 0 Å². The third kappa shape index (κ3) is 14.3. The molecule has 11 nitrogen and oxygen atoms in total. The van der Waals surface area contributed by atoms with Crippen LogP contribution in [0.2, 0.25) is 0 Å². The number of hydrogen-bond donors (Lipinski definition) is 7. The minimum absolute atomic E-state index is 0. The Hall–Kier alpha value is 4.63. The fraction of sp³-hybridized carbons (Fsp3) is 0.567. The number of amides is 1. The maximum absolute atomic E-state index is 13.8. The van der Waals surface area contributed by atoms with Gasteiger partial charge in [0.25, 0.3) is 5.91 Å². The first-order valence-corrected chi connectivity index (χ1v) is 15.8. The van der Waals surface area contributed by atoms with Gasteiger partial charge in [-0.05, 0) is 54.3 Å². The van der Waals surface area contributed by atoms with Crippen LogP contribution in [0.5, 0.6) is 0 Å². The van der Waals surface area contributed by atoms with Crippen LogP contribution >= 0.6 is 0 Å². The Balaban J connectivity index is -0.00000387. The van der Waals surface area contributed by atoms with Gasteiger partial charge in [0.05, 0.1) is 23.4 Å². The molecule has 7 atom stereocenters. The van der Waals surface area contributed by atoms with Crippen molar-refractivity contribution in [2.24, 2.45) is 5.41 Å². The van der Waals surface area contributed by atoms with Gasteiger partial charge in [0.1, 0.15) is 18.3 Å². The molecule has 2 aromatic carbocycles. The summed E-state index contributed by atoms with van der Waals surface area (Å²) < 4.78 is 27.6. The Morgan fingerprint density at radius 3 is 2.13 bits per heavy atom. The van der Waals surface area contributed by atoms with Crippen molar-refractivity contribution in [1.29, 1.82) is 0 Å². The van der Waals surface area contributed by atoms with Crippen LogP contribution in [0.25, 0.3) is 0 Å². The van der Waals surface area contributed by atoms with Crippen molar-refractivity contribution < 1.29 is 264 Å². The van der Waals surface area contributed by atoms with Crippen LogP contribution in [0.1, 0.15) is 56.6 Å². The SMILES string of the molecule is CCCC[C@]1(CC)CS(=O)(=O)c2ccc(N(C)C)cc2[C@@H](c2cccc(NC(=O)C(O)C(O)C(O)C(O)CO)c2)C1O.[Ac].[Ac].[Ac].[Ac].[Ac]. The molecule has 1 aliphatic heterocycles. The molecule has 0 bridgehead atoms. The number of aliphatic hydroxyl groups is 6. The number of aliphatic hydroxyl groups excluding tert-OH is 6. The molecule has 2 aromatic rings. The van der Waals surface area contributed by atoms with Gasteiger partial charge in [-0.2, -0.15) is 0 Å². The van der Waals surface area contributed by atoms with E-state index in [9.17, 15) is 38.7 Å². The van der Waals surface area contributed by atoms with Gasteiger partial charge < -0.3 is 40.9 Å². The molecule has 1 heterocycles. The van der Waals surface area contributed by atoms with Gasteiger partial charge in [-0.15, -0.1) is 0 Å². The maximum atomic E-state index is 13.8. The molecule has 17 heteroatoms. The van der Waals surface area contributed by atoms with E-state index in [1.54, 1.807) is 36.4 Å². The average molecular weight is 1740 g/mol. The smallest absolute Gasteiger partial charge is 0.256 e.